The van der Waals surface area contributed by atoms with E-state index in [0.717, 1.165) is 18.5 Å². The lowest BCUT2D eigenvalue weighted by molar-refractivity contribution is 0.213. The van der Waals surface area contributed by atoms with Gasteiger partial charge in [0.25, 0.3) is 7.37 Å². The Morgan fingerprint density at radius 2 is 1.72 bits per heavy atom. The largest absolute Gasteiger partial charge is 0.378 e. The van der Waals surface area contributed by atoms with E-state index >= 15 is 0 Å². The maximum atomic E-state index is 13.6. The van der Waals surface area contributed by atoms with Crippen molar-refractivity contribution in [3.63, 3.8) is 0 Å². The molecule has 0 aliphatic carbocycles. The fourth-order valence-corrected chi connectivity index (χ4v) is 4.65. The van der Waals surface area contributed by atoms with Crippen molar-refractivity contribution in [3.05, 3.63) is 59.1 Å². The third kappa shape index (κ3) is 4.86. The molecule has 0 saturated heterocycles. The highest BCUT2D eigenvalue weighted by Crippen LogP contribution is 2.57. The van der Waals surface area contributed by atoms with Gasteiger partial charge in [-0.2, -0.15) is 0 Å². The number of aliphatic hydroxyl groups is 1. The Hall–Kier alpha value is -1.32. The molecule has 2 aromatic rings. The molecule has 0 amide bonds. The molecule has 0 saturated carbocycles. The first-order chi connectivity index (χ1) is 11.9. The molecule has 1 N–H and O–H groups in total. The SMILES string of the molecule is CCCCO[P@](=O)(c1ccc(N(C)C)cc1)[C@H](O)c1ccc(Cl)cc1. The highest BCUT2D eigenvalue weighted by Gasteiger charge is 2.36. The second-order valence-electron chi connectivity index (χ2n) is 6.12. The van der Waals surface area contributed by atoms with Gasteiger partial charge in [-0.05, 0) is 48.4 Å². The molecule has 0 aliphatic heterocycles. The minimum atomic E-state index is -3.49. The third-order valence-electron chi connectivity index (χ3n) is 4.00. The monoisotopic (exact) mass is 381 g/mol. The Bertz CT molecular complexity index is 716. The van der Waals surface area contributed by atoms with Crippen LogP contribution in [0, 0.1) is 0 Å². The molecule has 0 bridgehead atoms. The van der Waals surface area contributed by atoms with E-state index < -0.39 is 13.2 Å². The van der Waals surface area contributed by atoms with Gasteiger partial charge in [0.1, 0.15) is 0 Å². The Balaban J connectivity index is 2.38. The van der Waals surface area contributed by atoms with Crippen LogP contribution in [0.15, 0.2) is 48.5 Å². The highest BCUT2D eigenvalue weighted by atomic mass is 35.5. The van der Waals surface area contributed by atoms with E-state index in [1.165, 1.54) is 0 Å². The second-order valence-corrected chi connectivity index (χ2v) is 9.01. The zero-order chi connectivity index (χ0) is 18.4. The van der Waals surface area contributed by atoms with Gasteiger partial charge in [0.2, 0.25) is 0 Å². The molecule has 2 atom stereocenters. The lowest BCUT2D eigenvalue weighted by Crippen LogP contribution is -2.16. The van der Waals surface area contributed by atoms with Crippen LogP contribution < -0.4 is 10.2 Å². The van der Waals surface area contributed by atoms with Gasteiger partial charge >= 0.3 is 0 Å². The van der Waals surface area contributed by atoms with Gasteiger partial charge in [-0.25, -0.2) is 0 Å². The average Bonchev–Trinajstić information content (AvgIpc) is 2.62. The second kappa shape index (κ2) is 8.86. The summed E-state index contributed by atoms with van der Waals surface area (Å²) in [5.74, 6) is -1.23. The van der Waals surface area contributed by atoms with Crippen LogP contribution in [0.25, 0.3) is 0 Å². The fraction of sp³-hybridized carbons (Fsp3) is 0.368. The summed E-state index contributed by atoms with van der Waals surface area (Å²) in [6, 6.07) is 14.0. The molecule has 0 aromatic heterocycles. The lowest BCUT2D eigenvalue weighted by atomic mass is 10.2. The fourth-order valence-electron chi connectivity index (χ4n) is 2.42. The van der Waals surface area contributed by atoms with Crippen LogP contribution in [0.2, 0.25) is 5.02 Å². The standard InChI is InChI=1S/C19H25ClNO3P/c1-4-5-14-24-25(23,18-12-10-17(11-13-18)21(2)3)19(22)15-6-8-16(20)9-7-15/h6-13,19,22H,4-5,14H2,1-3H3/t19-,25+/m0/s1. The van der Waals surface area contributed by atoms with E-state index in [2.05, 4.69) is 0 Å². The topological polar surface area (TPSA) is 49.8 Å². The summed E-state index contributed by atoms with van der Waals surface area (Å²) >= 11 is 5.91. The summed E-state index contributed by atoms with van der Waals surface area (Å²) < 4.78 is 19.4. The molecule has 2 aromatic carbocycles. The average molecular weight is 382 g/mol. The molecule has 0 heterocycles. The number of benzene rings is 2. The van der Waals surface area contributed by atoms with E-state index in [0.29, 0.717) is 22.5 Å². The van der Waals surface area contributed by atoms with Crippen molar-refractivity contribution in [3.8, 4) is 0 Å². The Kier molecular flexibility index (Phi) is 7.09. The molecule has 0 aliphatic rings. The Morgan fingerprint density at radius 1 is 1.12 bits per heavy atom. The van der Waals surface area contributed by atoms with Crippen LogP contribution in [0.1, 0.15) is 31.2 Å². The first-order valence-electron chi connectivity index (χ1n) is 8.34. The quantitative estimate of drug-likeness (QED) is 0.526. The van der Waals surface area contributed by atoms with Crippen molar-refractivity contribution in [2.75, 3.05) is 25.6 Å². The maximum absolute atomic E-state index is 13.6. The third-order valence-corrected chi connectivity index (χ3v) is 6.78. The van der Waals surface area contributed by atoms with Crippen LogP contribution >= 0.6 is 19.0 Å². The molecular weight excluding hydrogens is 357 g/mol. The number of hydrogen-bond acceptors (Lipinski definition) is 4. The van der Waals surface area contributed by atoms with Crippen molar-refractivity contribution < 1.29 is 14.2 Å². The lowest BCUT2D eigenvalue weighted by Gasteiger charge is -2.25. The van der Waals surface area contributed by atoms with Crippen LogP contribution in [-0.2, 0) is 9.09 Å². The minimum Gasteiger partial charge on any atom is -0.378 e. The number of hydrogen-bond donors (Lipinski definition) is 1. The van der Waals surface area contributed by atoms with Crippen LogP contribution in [0.5, 0.6) is 0 Å². The first-order valence-corrected chi connectivity index (χ1v) is 10.4. The molecule has 136 valence electrons. The van der Waals surface area contributed by atoms with E-state index in [-0.39, 0.29) is 0 Å². The molecule has 0 unspecified atom stereocenters. The molecular formula is C19H25ClNO3P. The van der Waals surface area contributed by atoms with Gasteiger partial charge in [-0.15, -0.1) is 0 Å². The maximum Gasteiger partial charge on any atom is 0.264 e. The molecule has 0 fully saturated rings. The van der Waals surface area contributed by atoms with Gasteiger partial charge in [0.05, 0.1) is 6.61 Å². The molecule has 0 radical (unpaired) electrons. The summed E-state index contributed by atoms with van der Waals surface area (Å²) in [6.45, 7) is 2.38. The summed E-state index contributed by atoms with van der Waals surface area (Å²) in [4.78, 5) is 1.96. The van der Waals surface area contributed by atoms with E-state index in [4.69, 9.17) is 16.1 Å². The highest BCUT2D eigenvalue weighted by molar-refractivity contribution is 7.67. The summed E-state index contributed by atoms with van der Waals surface area (Å²) in [7, 11) is 0.393. The predicted octanol–water partition coefficient (Wildman–Crippen LogP) is 4.82. The predicted molar refractivity (Wildman–Crippen MR) is 105 cm³/mol. The minimum absolute atomic E-state index is 0.341. The zero-order valence-corrected chi connectivity index (χ0v) is 16.5. The molecule has 6 heteroatoms. The van der Waals surface area contributed by atoms with Crippen molar-refractivity contribution in [2.45, 2.75) is 25.6 Å². The molecule has 4 nitrogen and oxygen atoms in total. The van der Waals surface area contributed by atoms with Crippen LogP contribution in [-0.4, -0.2) is 25.8 Å². The summed E-state index contributed by atoms with van der Waals surface area (Å²) in [6.07, 6.45) is 1.71. The first kappa shape index (κ1) is 20.0. The number of rotatable bonds is 8. The Labute approximate surface area is 154 Å². The van der Waals surface area contributed by atoms with Gasteiger partial charge in [-0.1, -0.05) is 37.1 Å². The number of nitrogens with zero attached hydrogens (tertiary/aromatic N) is 1. The smallest absolute Gasteiger partial charge is 0.264 e. The van der Waals surface area contributed by atoms with Crippen LogP contribution in [0.3, 0.4) is 0 Å². The van der Waals surface area contributed by atoms with Gasteiger partial charge in [0, 0.05) is 30.1 Å². The van der Waals surface area contributed by atoms with Crippen molar-refractivity contribution >= 4 is 30.0 Å². The zero-order valence-electron chi connectivity index (χ0n) is 14.9. The summed E-state index contributed by atoms with van der Waals surface area (Å²) in [5.41, 5.74) is 1.52. The summed E-state index contributed by atoms with van der Waals surface area (Å²) in [5, 5.41) is 11.9. The Morgan fingerprint density at radius 3 is 2.24 bits per heavy atom. The number of aliphatic hydroxyl groups excluding tert-OH is 1. The van der Waals surface area contributed by atoms with Crippen molar-refractivity contribution in [1.82, 2.24) is 0 Å². The van der Waals surface area contributed by atoms with Gasteiger partial charge < -0.3 is 14.5 Å². The number of anilines is 1. The molecule has 25 heavy (non-hydrogen) atoms. The van der Waals surface area contributed by atoms with E-state index in [1.54, 1.807) is 36.4 Å². The van der Waals surface area contributed by atoms with Crippen LogP contribution in [0.4, 0.5) is 5.69 Å². The molecule has 2 rings (SSSR count). The van der Waals surface area contributed by atoms with Gasteiger partial charge in [-0.3, -0.25) is 4.57 Å². The molecule has 0 spiro atoms. The van der Waals surface area contributed by atoms with Gasteiger partial charge in [0.15, 0.2) is 5.85 Å². The van der Waals surface area contributed by atoms with E-state index in [9.17, 15) is 9.67 Å². The normalized spacial score (nSPS) is 14.8. The number of halogens is 1. The van der Waals surface area contributed by atoms with E-state index in [1.807, 2.05) is 38.1 Å². The number of unbranched alkanes of at least 4 members (excludes halogenated alkanes) is 1. The van der Waals surface area contributed by atoms with Crippen molar-refractivity contribution in [2.24, 2.45) is 0 Å². The van der Waals surface area contributed by atoms with Crippen molar-refractivity contribution in [1.29, 1.82) is 0 Å².